The summed E-state index contributed by atoms with van der Waals surface area (Å²) in [6, 6.07) is 4.69. The molecule has 148 valence electrons. The van der Waals surface area contributed by atoms with Gasteiger partial charge in [0, 0.05) is 5.56 Å². The predicted molar refractivity (Wildman–Crippen MR) is 103 cm³/mol. The van der Waals surface area contributed by atoms with E-state index in [1.165, 1.54) is 35.7 Å². The van der Waals surface area contributed by atoms with Gasteiger partial charge in [0.15, 0.2) is 11.6 Å². The predicted octanol–water partition coefficient (Wildman–Crippen LogP) is 1.62. The molecule has 0 fully saturated rings. The van der Waals surface area contributed by atoms with Crippen molar-refractivity contribution < 1.29 is 13.3 Å². The standard InChI is InChI=1S/C17H21N7O3S/c1-11-5-6-12(28(25,26)23-27-17(2,3)4)7-13(11)14-8-20-15(18)16(22-14)24-10-19-9-21-24/h5-10,23H,1-4H3,(H2,18,20). The van der Waals surface area contributed by atoms with Crippen LogP contribution < -0.4 is 10.6 Å². The Hall–Kier alpha value is -2.89. The first kappa shape index (κ1) is 19.9. The van der Waals surface area contributed by atoms with Crippen LogP contribution in [0, 0.1) is 6.92 Å². The molecule has 0 spiro atoms. The van der Waals surface area contributed by atoms with Gasteiger partial charge in [-0.05, 0) is 45.4 Å². The van der Waals surface area contributed by atoms with Gasteiger partial charge in [0.25, 0.3) is 10.0 Å². The molecule has 3 rings (SSSR count). The second-order valence-corrected chi connectivity index (χ2v) is 8.73. The van der Waals surface area contributed by atoms with Gasteiger partial charge in [-0.2, -0.15) is 9.78 Å². The molecular weight excluding hydrogens is 382 g/mol. The number of aryl methyl sites for hydroxylation is 1. The van der Waals surface area contributed by atoms with Crippen molar-refractivity contribution in [2.75, 3.05) is 5.73 Å². The summed E-state index contributed by atoms with van der Waals surface area (Å²) in [7, 11) is -3.87. The summed E-state index contributed by atoms with van der Waals surface area (Å²) >= 11 is 0. The van der Waals surface area contributed by atoms with Crippen LogP contribution in [0.25, 0.3) is 17.1 Å². The first-order valence-electron chi connectivity index (χ1n) is 8.35. The highest BCUT2D eigenvalue weighted by Gasteiger charge is 2.21. The van der Waals surface area contributed by atoms with Crippen molar-refractivity contribution >= 4 is 15.8 Å². The molecule has 28 heavy (non-hydrogen) atoms. The summed E-state index contributed by atoms with van der Waals surface area (Å²) in [5, 5.41) is 4.01. The molecule has 0 aliphatic rings. The zero-order valence-corrected chi connectivity index (χ0v) is 16.7. The largest absolute Gasteiger partial charge is 0.381 e. The molecule has 2 aromatic heterocycles. The Morgan fingerprint density at radius 3 is 2.64 bits per heavy atom. The Balaban J connectivity index is 2.02. The van der Waals surface area contributed by atoms with E-state index in [2.05, 4.69) is 24.9 Å². The van der Waals surface area contributed by atoms with Crippen molar-refractivity contribution in [3.63, 3.8) is 0 Å². The number of hydrogen-bond acceptors (Lipinski definition) is 8. The number of anilines is 1. The fourth-order valence-electron chi connectivity index (χ4n) is 2.28. The van der Waals surface area contributed by atoms with Crippen LogP contribution in [0.1, 0.15) is 26.3 Å². The Morgan fingerprint density at radius 1 is 1.25 bits per heavy atom. The van der Waals surface area contributed by atoms with Gasteiger partial charge in [0.05, 0.1) is 22.4 Å². The average Bonchev–Trinajstić information content (AvgIpc) is 3.15. The average molecular weight is 403 g/mol. The summed E-state index contributed by atoms with van der Waals surface area (Å²) < 4.78 is 26.5. The number of benzene rings is 1. The van der Waals surface area contributed by atoms with Gasteiger partial charge >= 0.3 is 0 Å². The minimum Gasteiger partial charge on any atom is -0.381 e. The maximum atomic E-state index is 12.6. The number of nitrogen functional groups attached to an aromatic ring is 1. The van der Waals surface area contributed by atoms with Crippen LogP contribution in [-0.4, -0.2) is 38.8 Å². The van der Waals surface area contributed by atoms with E-state index in [1.807, 2.05) is 6.92 Å². The highest BCUT2D eigenvalue weighted by Crippen LogP contribution is 2.26. The molecule has 3 aromatic rings. The molecule has 0 bridgehead atoms. The van der Waals surface area contributed by atoms with Crippen LogP contribution in [-0.2, 0) is 14.9 Å². The van der Waals surface area contributed by atoms with Crippen molar-refractivity contribution in [2.45, 2.75) is 38.2 Å². The fraction of sp³-hybridized carbons (Fsp3) is 0.294. The smallest absolute Gasteiger partial charge is 0.262 e. The van der Waals surface area contributed by atoms with Crippen LogP contribution in [0.3, 0.4) is 0 Å². The van der Waals surface area contributed by atoms with Crippen LogP contribution in [0.2, 0.25) is 0 Å². The first-order valence-corrected chi connectivity index (χ1v) is 9.83. The topological polar surface area (TPSA) is 138 Å². The molecule has 0 aliphatic carbocycles. The molecule has 0 aliphatic heterocycles. The molecular formula is C17H21N7O3S. The monoisotopic (exact) mass is 403 g/mol. The lowest BCUT2D eigenvalue weighted by Crippen LogP contribution is -2.33. The van der Waals surface area contributed by atoms with Gasteiger partial charge in [-0.25, -0.2) is 23.4 Å². The third-order valence-electron chi connectivity index (χ3n) is 3.67. The fourth-order valence-corrected chi connectivity index (χ4v) is 3.25. The number of rotatable bonds is 5. The zero-order valence-electron chi connectivity index (χ0n) is 15.9. The first-order chi connectivity index (χ1) is 13.1. The minimum absolute atomic E-state index is 0.0401. The lowest BCUT2D eigenvalue weighted by molar-refractivity contribution is -0.0357. The molecule has 0 saturated heterocycles. The van der Waals surface area contributed by atoms with Crippen molar-refractivity contribution in [3.05, 3.63) is 42.6 Å². The lowest BCUT2D eigenvalue weighted by Gasteiger charge is -2.19. The Labute approximate surface area is 162 Å². The van der Waals surface area contributed by atoms with E-state index in [-0.39, 0.29) is 10.7 Å². The Kier molecular flexibility index (Phi) is 5.15. The van der Waals surface area contributed by atoms with E-state index >= 15 is 0 Å². The summed E-state index contributed by atoms with van der Waals surface area (Å²) in [6.07, 6.45) is 4.28. The molecule has 11 heteroatoms. The molecule has 0 unspecified atom stereocenters. The number of aromatic nitrogens is 5. The molecule has 10 nitrogen and oxygen atoms in total. The molecule has 0 atom stereocenters. The van der Waals surface area contributed by atoms with Crippen molar-refractivity contribution in [1.82, 2.24) is 29.6 Å². The quantitative estimate of drug-likeness (QED) is 0.613. The van der Waals surface area contributed by atoms with Crippen LogP contribution in [0.5, 0.6) is 0 Å². The summed E-state index contributed by atoms with van der Waals surface area (Å²) in [5.74, 6) is 0.479. The third-order valence-corrected chi connectivity index (χ3v) is 4.85. The molecule has 3 N–H and O–H groups in total. The van der Waals surface area contributed by atoms with Gasteiger partial charge in [-0.3, -0.25) is 4.84 Å². The molecule has 0 amide bonds. The van der Waals surface area contributed by atoms with Gasteiger partial charge in [0.2, 0.25) is 0 Å². The lowest BCUT2D eigenvalue weighted by atomic mass is 10.1. The number of nitrogens with zero attached hydrogens (tertiary/aromatic N) is 5. The number of sulfonamides is 1. The number of nitrogens with one attached hydrogen (secondary N) is 1. The Bertz CT molecular complexity index is 1090. The maximum absolute atomic E-state index is 12.6. The van der Waals surface area contributed by atoms with E-state index in [1.54, 1.807) is 26.8 Å². The summed E-state index contributed by atoms with van der Waals surface area (Å²) in [5.41, 5.74) is 7.08. The SMILES string of the molecule is Cc1ccc(S(=O)(=O)NOC(C)(C)C)cc1-c1cnc(N)c(-n2cncn2)n1. The van der Waals surface area contributed by atoms with E-state index in [0.717, 1.165) is 5.56 Å². The van der Waals surface area contributed by atoms with Crippen molar-refractivity contribution in [1.29, 1.82) is 0 Å². The van der Waals surface area contributed by atoms with E-state index in [9.17, 15) is 8.42 Å². The third kappa shape index (κ3) is 4.32. The maximum Gasteiger partial charge on any atom is 0.262 e. The van der Waals surface area contributed by atoms with Crippen LogP contribution >= 0.6 is 0 Å². The van der Waals surface area contributed by atoms with E-state index in [4.69, 9.17) is 10.6 Å². The number of hydrogen-bond donors (Lipinski definition) is 2. The van der Waals surface area contributed by atoms with Crippen molar-refractivity contribution in [3.8, 4) is 17.1 Å². The second-order valence-electron chi connectivity index (χ2n) is 7.08. The zero-order chi connectivity index (χ0) is 20.5. The number of nitrogens with two attached hydrogens (primary N) is 1. The highest BCUT2D eigenvalue weighted by atomic mass is 32.2. The van der Waals surface area contributed by atoms with Crippen LogP contribution in [0.4, 0.5) is 5.82 Å². The van der Waals surface area contributed by atoms with Gasteiger partial charge < -0.3 is 5.73 Å². The van der Waals surface area contributed by atoms with Crippen molar-refractivity contribution in [2.24, 2.45) is 0 Å². The van der Waals surface area contributed by atoms with E-state index < -0.39 is 15.6 Å². The molecule has 0 radical (unpaired) electrons. The molecule has 0 saturated carbocycles. The molecule has 2 heterocycles. The second kappa shape index (κ2) is 7.26. The normalized spacial score (nSPS) is 12.3. The molecule has 1 aromatic carbocycles. The Morgan fingerprint density at radius 2 is 2.00 bits per heavy atom. The minimum atomic E-state index is -3.87. The van der Waals surface area contributed by atoms with Gasteiger partial charge in [0.1, 0.15) is 12.7 Å². The van der Waals surface area contributed by atoms with Crippen LogP contribution in [0.15, 0.2) is 41.9 Å². The van der Waals surface area contributed by atoms with Gasteiger partial charge in [-0.1, -0.05) is 11.0 Å². The summed E-state index contributed by atoms with van der Waals surface area (Å²) in [6.45, 7) is 7.07. The highest BCUT2D eigenvalue weighted by molar-refractivity contribution is 7.89. The van der Waals surface area contributed by atoms with E-state index in [0.29, 0.717) is 17.1 Å². The summed E-state index contributed by atoms with van der Waals surface area (Å²) in [4.78, 5) is 19.9. The van der Waals surface area contributed by atoms with Gasteiger partial charge in [-0.15, -0.1) is 0 Å².